The smallest absolute Gasteiger partial charge is 0.404 e. The fraction of sp³-hybridized carbons (Fsp3) is 0.316. The molecule has 0 radical (unpaired) electrons. The van der Waals surface area contributed by atoms with Gasteiger partial charge in [-0.15, -0.1) is 13.2 Å². The van der Waals surface area contributed by atoms with Crippen molar-refractivity contribution in [3.8, 4) is 5.75 Å². The van der Waals surface area contributed by atoms with Crippen LogP contribution in [0.4, 0.5) is 24.5 Å². The Labute approximate surface area is 160 Å². The van der Waals surface area contributed by atoms with E-state index in [0.717, 1.165) is 24.3 Å². The Bertz CT molecular complexity index is 804. The molecule has 1 aliphatic rings. The van der Waals surface area contributed by atoms with E-state index in [9.17, 15) is 13.2 Å². The Morgan fingerprint density at radius 1 is 1.11 bits per heavy atom. The summed E-state index contributed by atoms with van der Waals surface area (Å²) in [6.07, 6.45) is -4.79. The van der Waals surface area contributed by atoms with E-state index in [4.69, 9.17) is 10.5 Å². The molecule has 3 rings (SSSR count). The van der Waals surface area contributed by atoms with E-state index in [2.05, 4.69) is 19.9 Å². The number of alkyl halides is 3. The molecule has 1 saturated heterocycles. The zero-order chi connectivity index (χ0) is 20.0. The molecule has 0 atom stereocenters. The first-order valence-electron chi connectivity index (χ1n) is 8.74. The third-order valence-corrected chi connectivity index (χ3v) is 4.12. The topological polar surface area (TPSA) is 72.1 Å². The number of nitrogens with one attached hydrogen (secondary N) is 1. The molecule has 0 aromatic heterocycles. The summed E-state index contributed by atoms with van der Waals surface area (Å²) in [6.45, 7) is 3.44. The molecule has 2 aromatic rings. The summed E-state index contributed by atoms with van der Waals surface area (Å²) in [5, 5.41) is 2.65. The second kappa shape index (κ2) is 8.83. The number of morpholine rings is 1. The minimum Gasteiger partial charge on any atom is -0.404 e. The molecule has 0 unspecified atom stereocenters. The number of benzene rings is 2. The zero-order valence-electron chi connectivity index (χ0n) is 15.1. The molecule has 0 aliphatic carbocycles. The number of guanidine groups is 1. The van der Waals surface area contributed by atoms with Crippen molar-refractivity contribution in [3.05, 3.63) is 54.1 Å². The van der Waals surface area contributed by atoms with E-state index in [1.165, 1.54) is 18.2 Å². The number of nitrogens with zero attached hydrogens (tertiary/aromatic N) is 2. The van der Waals surface area contributed by atoms with Gasteiger partial charge in [0.25, 0.3) is 0 Å². The largest absolute Gasteiger partial charge is 0.573 e. The second-order valence-electron chi connectivity index (χ2n) is 6.14. The second-order valence-corrected chi connectivity index (χ2v) is 6.14. The van der Waals surface area contributed by atoms with Crippen LogP contribution in [0.25, 0.3) is 0 Å². The van der Waals surface area contributed by atoms with Crippen molar-refractivity contribution in [2.75, 3.05) is 36.5 Å². The number of nitrogens with two attached hydrogens (primary N) is 1. The van der Waals surface area contributed by atoms with Gasteiger partial charge in [0.15, 0.2) is 11.7 Å². The molecule has 9 heteroatoms. The molecule has 1 aliphatic heterocycles. The predicted octanol–water partition coefficient (Wildman–Crippen LogP) is 3.35. The monoisotopic (exact) mass is 394 g/mol. The quantitative estimate of drug-likeness (QED) is 0.601. The molecule has 0 amide bonds. The van der Waals surface area contributed by atoms with Gasteiger partial charge in [-0.25, -0.2) is 4.99 Å². The maximum atomic E-state index is 12.5. The Morgan fingerprint density at radius 3 is 2.46 bits per heavy atom. The molecule has 28 heavy (non-hydrogen) atoms. The van der Waals surface area contributed by atoms with Gasteiger partial charge >= 0.3 is 6.36 Å². The van der Waals surface area contributed by atoms with Gasteiger partial charge in [0.2, 0.25) is 0 Å². The SMILES string of the molecule is NC(=NCc1ccc(N2CCOCC2)cc1)Nc1ccccc1OC(F)(F)F. The minimum atomic E-state index is -4.79. The first-order valence-corrected chi connectivity index (χ1v) is 8.74. The molecule has 0 spiro atoms. The molecule has 0 saturated carbocycles. The summed E-state index contributed by atoms with van der Waals surface area (Å²) in [6, 6.07) is 13.6. The molecule has 3 N–H and O–H groups in total. The van der Waals surface area contributed by atoms with Crippen LogP contribution in [-0.2, 0) is 11.3 Å². The number of ether oxygens (including phenoxy) is 2. The summed E-state index contributed by atoms with van der Waals surface area (Å²) < 4.78 is 46.7. The lowest BCUT2D eigenvalue weighted by Gasteiger charge is -2.28. The van der Waals surface area contributed by atoms with Crippen LogP contribution in [0.5, 0.6) is 5.75 Å². The van der Waals surface area contributed by atoms with E-state index >= 15 is 0 Å². The lowest BCUT2D eigenvalue weighted by molar-refractivity contribution is -0.274. The van der Waals surface area contributed by atoms with Crippen molar-refractivity contribution >= 4 is 17.3 Å². The van der Waals surface area contributed by atoms with Crippen LogP contribution in [0.1, 0.15) is 5.56 Å². The van der Waals surface area contributed by atoms with Crippen LogP contribution < -0.4 is 20.7 Å². The highest BCUT2D eigenvalue weighted by Gasteiger charge is 2.32. The number of aliphatic imine (C=N–C) groups is 1. The lowest BCUT2D eigenvalue weighted by Crippen LogP contribution is -2.36. The average molecular weight is 394 g/mol. The highest BCUT2D eigenvalue weighted by Crippen LogP contribution is 2.29. The first kappa shape index (κ1) is 19.8. The van der Waals surface area contributed by atoms with Crippen molar-refractivity contribution in [2.45, 2.75) is 12.9 Å². The van der Waals surface area contributed by atoms with Gasteiger partial charge in [0, 0.05) is 18.8 Å². The third kappa shape index (κ3) is 5.78. The van der Waals surface area contributed by atoms with Gasteiger partial charge in [-0.1, -0.05) is 24.3 Å². The van der Waals surface area contributed by atoms with Crippen LogP contribution in [-0.4, -0.2) is 38.6 Å². The van der Waals surface area contributed by atoms with Crippen molar-refractivity contribution in [3.63, 3.8) is 0 Å². The summed E-state index contributed by atoms with van der Waals surface area (Å²) in [4.78, 5) is 6.42. The van der Waals surface area contributed by atoms with Crippen molar-refractivity contribution in [1.82, 2.24) is 0 Å². The van der Waals surface area contributed by atoms with Crippen molar-refractivity contribution in [2.24, 2.45) is 10.7 Å². The van der Waals surface area contributed by atoms with E-state index in [1.807, 2.05) is 24.3 Å². The first-order chi connectivity index (χ1) is 13.4. The van der Waals surface area contributed by atoms with Gasteiger partial charge in [-0.3, -0.25) is 0 Å². The molecule has 0 bridgehead atoms. The van der Waals surface area contributed by atoms with Crippen molar-refractivity contribution < 1.29 is 22.6 Å². The predicted molar refractivity (Wildman–Crippen MR) is 102 cm³/mol. The normalized spacial score (nSPS) is 15.4. The molecule has 2 aromatic carbocycles. The molecule has 1 fully saturated rings. The van der Waals surface area contributed by atoms with Crippen LogP contribution in [0.2, 0.25) is 0 Å². The number of hydrogen-bond donors (Lipinski definition) is 2. The van der Waals surface area contributed by atoms with E-state index in [-0.39, 0.29) is 17.4 Å². The third-order valence-electron chi connectivity index (χ3n) is 4.12. The van der Waals surface area contributed by atoms with Gasteiger partial charge in [-0.05, 0) is 29.8 Å². The molecule has 6 nitrogen and oxygen atoms in total. The van der Waals surface area contributed by atoms with E-state index in [1.54, 1.807) is 6.07 Å². The van der Waals surface area contributed by atoms with Gasteiger partial charge < -0.3 is 25.4 Å². The number of anilines is 2. The summed E-state index contributed by atoms with van der Waals surface area (Å²) >= 11 is 0. The Hall–Kier alpha value is -2.94. The van der Waals surface area contributed by atoms with Crippen LogP contribution in [0.3, 0.4) is 0 Å². The van der Waals surface area contributed by atoms with Gasteiger partial charge in [0.1, 0.15) is 0 Å². The fourth-order valence-electron chi connectivity index (χ4n) is 2.77. The number of hydrogen-bond acceptors (Lipinski definition) is 4. The Kier molecular flexibility index (Phi) is 6.25. The van der Waals surface area contributed by atoms with Crippen LogP contribution in [0.15, 0.2) is 53.5 Å². The van der Waals surface area contributed by atoms with E-state index in [0.29, 0.717) is 19.8 Å². The standard InChI is InChI=1S/C19H21F3N4O2/c20-19(21,22)28-17-4-2-1-3-16(17)25-18(23)24-13-14-5-7-15(8-6-14)26-9-11-27-12-10-26/h1-8H,9-13H2,(H3,23,24,25). The van der Waals surface area contributed by atoms with Gasteiger partial charge in [0.05, 0.1) is 25.4 Å². The Balaban J connectivity index is 1.60. The molecular formula is C19H21F3N4O2. The molecule has 150 valence electrons. The number of para-hydroxylation sites is 2. The fourth-order valence-corrected chi connectivity index (χ4v) is 2.77. The average Bonchev–Trinajstić information content (AvgIpc) is 2.68. The maximum absolute atomic E-state index is 12.5. The Morgan fingerprint density at radius 2 is 1.79 bits per heavy atom. The van der Waals surface area contributed by atoms with Gasteiger partial charge in [-0.2, -0.15) is 0 Å². The summed E-state index contributed by atoms with van der Waals surface area (Å²) in [5.74, 6) is -0.376. The zero-order valence-corrected chi connectivity index (χ0v) is 15.1. The van der Waals surface area contributed by atoms with Crippen molar-refractivity contribution in [1.29, 1.82) is 0 Å². The summed E-state index contributed by atoms with van der Waals surface area (Å²) in [7, 11) is 0. The highest BCUT2D eigenvalue weighted by atomic mass is 19.4. The number of rotatable bonds is 5. The van der Waals surface area contributed by atoms with E-state index < -0.39 is 6.36 Å². The number of halogens is 3. The molecular weight excluding hydrogens is 373 g/mol. The van der Waals surface area contributed by atoms with Crippen LogP contribution in [0, 0.1) is 0 Å². The van der Waals surface area contributed by atoms with Crippen LogP contribution >= 0.6 is 0 Å². The molecule has 1 heterocycles. The summed E-state index contributed by atoms with van der Waals surface area (Å²) in [5.41, 5.74) is 7.94. The minimum absolute atomic E-state index is 0.00418. The lowest BCUT2D eigenvalue weighted by atomic mass is 10.2. The highest BCUT2D eigenvalue weighted by molar-refractivity contribution is 5.93. The maximum Gasteiger partial charge on any atom is 0.573 e.